The van der Waals surface area contributed by atoms with Crippen LogP contribution in [0.1, 0.15) is 57.8 Å². The third-order valence-electron chi connectivity index (χ3n) is 5.74. The zero-order valence-electron chi connectivity index (χ0n) is 12.8. The quantitative estimate of drug-likeness (QED) is 0.868. The number of rotatable bonds is 3. The molecule has 3 aliphatic rings. The van der Waals surface area contributed by atoms with Crippen LogP contribution in [0.5, 0.6) is 0 Å². The molecule has 0 radical (unpaired) electrons. The Morgan fingerprint density at radius 3 is 2.62 bits per heavy atom. The summed E-state index contributed by atoms with van der Waals surface area (Å²) in [5, 5.41) is 10.6. The van der Waals surface area contributed by atoms with Crippen molar-refractivity contribution in [1.29, 1.82) is 0 Å². The Bertz CT molecular complexity index is 447. The van der Waals surface area contributed by atoms with Gasteiger partial charge in [-0.2, -0.15) is 0 Å². The molecule has 3 rings (SSSR count). The molecule has 0 amide bonds. The molecule has 1 spiro atoms. The molecule has 0 aromatic heterocycles. The Labute approximate surface area is 128 Å². The van der Waals surface area contributed by atoms with E-state index in [2.05, 4.69) is 0 Å². The summed E-state index contributed by atoms with van der Waals surface area (Å²) in [7, 11) is -2.83. The van der Waals surface area contributed by atoms with Crippen LogP contribution in [0.2, 0.25) is 0 Å². The smallest absolute Gasteiger partial charge is 0.150 e. The van der Waals surface area contributed by atoms with Crippen molar-refractivity contribution >= 4 is 9.84 Å². The van der Waals surface area contributed by atoms with Gasteiger partial charge in [-0.15, -0.1) is 0 Å². The van der Waals surface area contributed by atoms with Crippen molar-refractivity contribution in [2.75, 3.05) is 18.1 Å². The molecule has 0 bridgehead atoms. The van der Waals surface area contributed by atoms with Gasteiger partial charge in [0.05, 0.1) is 23.2 Å². The summed E-state index contributed by atoms with van der Waals surface area (Å²) in [6.45, 7) is 0.755. The SMILES string of the molecule is O=S1(=O)CCC(CC(O)C2CCOC3(CCCCC3)C2)C1. The molecule has 1 aliphatic carbocycles. The zero-order chi connectivity index (χ0) is 14.9. The van der Waals surface area contributed by atoms with Gasteiger partial charge in [0.15, 0.2) is 9.84 Å². The number of sulfone groups is 1. The summed E-state index contributed by atoms with van der Waals surface area (Å²) in [4.78, 5) is 0. The summed E-state index contributed by atoms with van der Waals surface area (Å²) in [6.07, 6.45) is 8.96. The highest BCUT2D eigenvalue weighted by Gasteiger charge is 2.41. The van der Waals surface area contributed by atoms with Crippen LogP contribution in [0.3, 0.4) is 0 Å². The van der Waals surface area contributed by atoms with Crippen molar-refractivity contribution in [1.82, 2.24) is 0 Å². The monoisotopic (exact) mass is 316 g/mol. The van der Waals surface area contributed by atoms with Gasteiger partial charge in [0.2, 0.25) is 0 Å². The maximum atomic E-state index is 11.5. The molecule has 0 aromatic rings. The minimum Gasteiger partial charge on any atom is -0.393 e. The van der Waals surface area contributed by atoms with Crippen LogP contribution in [0.15, 0.2) is 0 Å². The van der Waals surface area contributed by atoms with Gasteiger partial charge in [-0.3, -0.25) is 0 Å². The van der Waals surface area contributed by atoms with Crippen molar-refractivity contribution in [2.24, 2.45) is 11.8 Å². The maximum absolute atomic E-state index is 11.5. The summed E-state index contributed by atoms with van der Waals surface area (Å²) in [5.74, 6) is 1.04. The van der Waals surface area contributed by atoms with E-state index >= 15 is 0 Å². The Kier molecular flexibility index (Phi) is 4.63. The first kappa shape index (κ1) is 15.8. The fourth-order valence-corrected chi connectivity index (χ4v) is 6.41. The van der Waals surface area contributed by atoms with E-state index in [9.17, 15) is 13.5 Å². The van der Waals surface area contributed by atoms with Crippen molar-refractivity contribution in [2.45, 2.75) is 69.5 Å². The van der Waals surface area contributed by atoms with E-state index in [-0.39, 0.29) is 23.4 Å². The molecule has 3 unspecified atom stereocenters. The molecular formula is C16H28O4S. The van der Waals surface area contributed by atoms with Crippen LogP contribution in [-0.4, -0.2) is 43.3 Å². The van der Waals surface area contributed by atoms with E-state index in [1.165, 1.54) is 19.3 Å². The lowest BCUT2D eigenvalue weighted by Crippen LogP contribution is -2.44. The number of aliphatic hydroxyl groups is 1. The van der Waals surface area contributed by atoms with E-state index in [0.717, 1.165) is 38.7 Å². The first-order valence-corrected chi connectivity index (χ1v) is 10.3. The lowest BCUT2D eigenvalue weighted by Gasteiger charge is -2.45. The second-order valence-electron chi connectivity index (χ2n) is 7.42. The maximum Gasteiger partial charge on any atom is 0.150 e. The van der Waals surface area contributed by atoms with E-state index < -0.39 is 9.84 Å². The molecule has 4 nitrogen and oxygen atoms in total. The average molecular weight is 316 g/mol. The zero-order valence-corrected chi connectivity index (χ0v) is 13.6. The van der Waals surface area contributed by atoms with E-state index in [1.807, 2.05) is 0 Å². The van der Waals surface area contributed by atoms with E-state index in [4.69, 9.17) is 4.74 Å². The Hall–Kier alpha value is -0.130. The molecule has 2 saturated heterocycles. The van der Waals surface area contributed by atoms with Crippen LogP contribution < -0.4 is 0 Å². The number of hydrogen-bond donors (Lipinski definition) is 1. The van der Waals surface area contributed by atoms with Gasteiger partial charge in [0.1, 0.15) is 0 Å². The Balaban J connectivity index is 1.56. The average Bonchev–Trinajstić information content (AvgIpc) is 2.79. The lowest BCUT2D eigenvalue weighted by atomic mass is 9.73. The fraction of sp³-hybridized carbons (Fsp3) is 1.00. The summed E-state index contributed by atoms with van der Waals surface area (Å²) in [6, 6.07) is 0. The van der Waals surface area contributed by atoms with Gasteiger partial charge in [-0.25, -0.2) is 8.42 Å². The van der Waals surface area contributed by atoms with Crippen molar-refractivity contribution < 1.29 is 18.3 Å². The molecule has 2 aliphatic heterocycles. The van der Waals surface area contributed by atoms with Crippen LogP contribution in [0.25, 0.3) is 0 Å². The van der Waals surface area contributed by atoms with Crippen LogP contribution in [-0.2, 0) is 14.6 Å². The van der Waals surface area contributed by atoms with Gasteiger partial charge in [-0.1, -0.05) is 19.3 Å². The third-order valence-corrected chi connectivity index (χ3v) is 7.58. The predicted molar refractivity (Wildman–Crippen MR) is 81.9 cm³/mol. The normalized spacial score (nSPS) is 36.6. The number of ether oxygens (including phenoxy) is 1. The standard InChI is InChI=1S/C16H28O4S/c17-15(10-13-5-9-21(18,19)12-13)14-4-8-20-16(11-14)6-2-1-3-7-16/h13-15,17H,1-12H2. The second-order valence-corrected chi connectivity index (χ2v) is 9.65. The fourth-order valence-electron chi connectivity index (χ4n) is 4.53. The minimum atomic E-state index is -2.83. The van der Waals surface area contributed by atoms with Gasteiger partial charge in [-0.05, 0) is 50.4 Å². The Morgan fingerprint density at radius 1 is 1.19 bits per heavy atom. The van der Waals surface area contributed by atoms with Gasteiger partial charge in [0, 0.05) is 6.61 Å². The van der Waals surface area contributed by atoms with E-state index in [0.29, 0.717) is 18.1 Å². The molecule has 5 heteroatoms. The predicted octanol–water partition coefficient (Wildman–Crippen LogP) is 2.30. The van der Waals surface area contributed by atoms with Crippen LogP contribution >= 0.6 is 0 Å². The van der Waals surface area contributed by atoms with Crippen molar-refractivity contribution in [3.63, 3.8) is 0 Å². The topological polar surface area (TPSA) is 63.6 Å². The van der Waals surface area contributed by atoms with Gasteiger partial charge >= 0.3 is 0 Å². The molecular weight excluding hydrogens is 288 g/mol. The summed E-state index contributed by atoms with van der Waals surface area (Å²) >= 11 is 0. The van der Waals surface area contributed by atoms with E-state index in [1.54, 1.807) is 0 Å². The van der Waals surface area contributed by atoms with Crippen molar-refractivity contribution in [3.05, 3.63) is 0 Å². The molecule has 0 aromatic carbocycles. The third kappa shape index (κ3) is 3.80. The van der Waals surface area contributed by atoms with Crippen molar-refractivity contribution in [3.8, 4) is 0 Å². The summed E-state index contributed by atoms with van der Waals surface area (Å²) in [5.41, 5.74) is 0.0178. The highest BCUT2D eigenvalue weighted by Crippen LogP contribution is 2.42. The van der Waals surface area contributed by atoms with Crippen LogP contribution in [0.4, 0.5) is 0 Å². The molecule has 122 valence electrons. The molecule has 21 heavy (non-hydrogen) atoms. The molecule has 1 saturated carbocycles. The van der Waals surface area contributed by atoms with Gasteiger partial charge < -0.3 is 9.84 Å². The number of aliphatic hydroxyl groups excluding tert-OH is 1. The molecule has 1 N–H and O–H groups in total. The highest BCUT2D eigenvalue weighted by atomic mass is 32.2. The second kappa shape index (κ2) is 6.17. The van der Waals surface area contributed by atoms with Gasteiger partial charge in [0.25, 0.3) is 0 Å². The largest absolute Gasteiger partial charge is 0.393 e. The minimum absolute atomic E-state index is 0.0178. The first-order valence-electron chi connectivity index (χ1n) is 8.51. The molecule has 3 fully saturated rings. The summed E-state index contributed by atoms with van der Waals surface area (Å²) < 4.78 is 29.2. The lowest BCUT2D eigenvalue weighted by molar-refractivity contribution is -0.135. The van der Waals surface area contributed by atoms with Crippen LogP contribution in [0, 0.1) is 11.8 Å². The number of hydrogen-bond acceptors (Lipinski definition) is 4. The molecule has 3 atom stereocenters. The highest BCUT2D eigenvalue weighted by molar-refractivity contribution is 7.91. The Morgan fingerprint density at radius 2 is 1.95 bits per heavy atom. The molecule has 2 heterocycles. The first-order chi connectivity index (χ1) is 9.98.